The number of aliphatic carboxylic acids is 1. The van der Waals surface area contributed by atoms with Gasteiger partial charge in [0.15, 0.2) is 0 Å². The summed E-state index contributed by atoms with van der Waals surface area (Å²) in [5.74, 6) is -0.103. The van der Waals surface area contributed by atoms with Crippen molar-refractivity contribution < 1.29 is 27.6 Å². The number of piperidine rings is 1. The average Bonchev–Trinajstić information content (AvgIpc) is 3.33. The van der Waals surface area contributed by atoms with Gasteiger partial charge in [-0.05, 0) is 62.3 Å². The summed E-state index contributed by atoms with van der Waals surface area (Å²) in [6.07, 6.45) is 0.857. The molecule has 0 amide bonds. The molecule has 1 aromatic carbocycles. The van der Waals surface area contributed by atoms with E-state index >= 15 is 0 Å². The fourth-order valence-electron chi connectivity index (χ4n) is 4.05. The van der Waals surface area contributed by atoms with E-state index in [-0.39, 0.29) is 0 Å². The highest BCUT2D eigenvalue weighted by atomic mass is 19.4. The van der Waals surface area contributed by atoms with Crippen LogP contribution in [0.5, 0.6) is 0 Å². The summed E-state index contributed by atoms with van der Waals surface area (Å²) in [6.45, 7) is 5.68. The number of benzene rings is 1. The molecular weight excluding hydrogens is 439 g/mol. The number of carbonyl (C=O) groups is 1. The molecule has 0 atom stereocenters. The van der Waals surface area contributed by atoms with Crippen molar-refractivity contribution >= 4 is 16.9 Å². The van der Waals surface area contributed by atoms with Crippen molar-refractivity contribution in [3.05, 3.63) is 35.9 Å². The first-order chi connectivity index (χ1) is 15.8. The minimum atomic E-state index is -5.08. The fourth-order valence-corrected chi connectivity index (χ4v) is 4.05. The molecule has 1 saturated carbocycles. The number of aromatic nitrogens is 4. The third-order valence-corrected chi connectivity index (χ3v) is 6.01. The molecule has 2 aromatic heterocycles. The highest BCUT2D eigenvalue weighted by molar-refractivity contribution is 5.83. The van der Waals surface area contributed by atoms with Crippen LogP contribution in [0.4, 0.5) is 13.2 Å². The Kier molecular flexibility index (Phi) is 6.68. The van der Waals surface area contributed by atoms with Gasteiger partial charge < -0.3 is 14.5 Å². The molecule has 0 radical (unpaired) electrons. The number of nitrogens with zero attached hydrogens (tertiary/aromatic N) is 5. The van der Waals surface area contributed by atoms with Crippen molar-refractivity contribution in [2.75, 3.05) is 19.6 Å². The second kappa shape index (κ2) is 9.50. The first-order valence-corrected chi connectivity index (χ1v) is 11.1. The van der Waals surface area contributed by atoms with Crippen molar-refractivity contribution in [1.82, 2.24) is 24.8 Å². The Bertz CT molecular complexity index is 1100. The van der Waals surface area contributed by atoms with Crippen molar-refractivity contribution in [3.8, 4) is 5.95 Å². The van der Waals surface area contributed by atoms with Gasteiger partial charge in [0.2, 0.25) is 5.89 Å². The minimum absolute atomic E-state index is 0.374. The van der Waals surface area contributed by atoms with E-state index in [1.807, 2.05) is 16.8 Å². The summed E-state index contributed by atoms with van der Waals surface area (Å²) in [5, 5.41) is 17.2. The van der Waals surface area contributed by atoms with Crippen LogP contribution >= 0.6 is 0 Å². The average molecular weight is 465 g/mol. The van der Waals surface area contributed by atoms with Crippen molar-refractivity contribution in [1.29, 1.82) is 0 Å². The number of aryl methyl sites for hydroxylation is 1. The predicted octanol–water partition coefficient (Wildman–Crippen LogP) is 4.19. The zero-order valence-corrected chi connectivity index (χ0v) is 18.3. The van der Waals surface area contributed by atoms with Crippen molar-refractivity contribution in [3.63, 3.8) is 0 Å². The molecule has 2 aliphatic rings. The molecule has 1 aliphatic carbocycles. The number of carboxylic acids is 1. The van der Waals surface area contributed by atoms with Crippen LogP contribution in [-0.4, -0.2) is 61.7 Å². The van der Waals surface area contributed by atoms with Crippen LogP contribution in [-0.2, 0) is 11.2 Å². The van der Waals surface area contributed by atoms with Gasteiger partial charge in [-0.2, -0.15) is 27.9 Å². The number of hydrogen-bond acceptors (Lipinski definition) is 6. The Balaban J connectivity index is 0.000000325. The summed E-state index contributed by atoms with van der Waals surface area (Å²) in [7, 11) is 0. The largest absolute Gasteiger partial charge is 0.490 e. The van der Waals surface area contributed by atoms with Crippen LogP contribution in [0.3, 0.4) is 0 Å². The van der Waals surface area contributed by atoms with E-state index < -0.39 is 12.1 Å². The van der Waals surface area contributed by atoms with Gasteiger partial charge in [-0.15, -0.1) is 0 Å². The third-order valence-electron chi connectivity index (χ3n) is 6.01. The Morgan fingerprint density at radius 1 is 1.18 bits per heavy atom. The number of alkyl halides is 3. The van der Waals surface area contributed by atoms with Gasteiger partial charge in [0.1, 0.15) is 0 Å². The maximum absolute atomic E-state index is 10.6. The number of fused-ring (bicyclic) bond motifs is 1. The minimum Gasteiger partial charge on any atom is -0.475 e. The van der Waals surface area contributed by atoms with Gasteiger partial charge in [0.05, 0.1) is 11.2 Å². The maximum atomic E-state index is 10.6. The van der Waals surface area contributed by atoms with Crippen LogP contribution in [0.15, 0.2) is 28.8 Å². The van der Waals surface area contributed by atoms with Gasteiger partial charge in [-0.3, -0.25) is 0 Å². The molecule has 0 unspecified atom stereocenters. The molecule has 1 N–H and O–H groups in total. The summed E-state index contributed by atoms with van der Waals surface area (Å²) in [6, 6.07) is 8.24. The first-order valence-electron chi connectivity index (χ1n) is 11.1. The third kappa shape index (κ3) is 5.52. The Morgan fingerprint density at radius 2 is 1.85 bits per heavy atom. The molecule has 0 spiro atoms. The van der Waals surface area contributed by atoms with Crippen molar-refractivity contribution in [2.24, 2.45) is 5.92 Å². The zero-order chi connectivity index (χ0) is 23.6. The summed E-state index contributed by atoms with van der Waals surface area (Å²) >= 11 is 0. The Morgan fingerprint density at radius 3 is 2.45 bits per heavy atom. The highest BCUT2D eigenvalue weighted by Crippen LogP contribution is 2.33. The Hall–Kier alpha value is -2.95. The lowest BCUT2D eigenvalue weighted by Gasteiger charge is -2.30. The van der Waals surface area contributed by atoms with E-state index in [2.05, 4.69) is 29.1 Å². The van der Waals surface area contributed by atoms with Gasteiger partial charge in [-0.25, -0.2) is 4.79 Å². The fraction of sp³-hybridized carbons (Fsp3) is 0.545. The van der Waals surface area contributed by atoms with E-state index in [0.717, 1.165) is 60.8 Å². The SMILES string of the molecule is CCc1nn(-c2noc(C3CCN(CC4CC4)CC3)n2)c2ccccc12.O=C(O)C(F)(F)F. The quantitative estimate of drug-likeness (QED) is 0.603. The summed E-state index contributed by atoms with van der Waals surface area (Å²) < 4.78 is 39.2. The summed E-state index contributed by atoms with van der Waals surface area (Å²) in [4.78, 5) is 16.2. The molecule has 5 rings (SSSR count). The lowest BCUT2D eigenvalue weighted by Crippen LogP contribution is -2.34. The van der Waals surface area contributed by atoms with Crippen LogP contribution < -0.4 is 0 Å². The maximum Gasteiger partial charge on any atom is 0.490 e. The Labute approximate surface area is 188 Å². The normalized spacial score (nSPS) is 17.7. The van der Waals surface area contributed by atoms with E-state index in [1.54, 1.807) is 0 Å². The number of para-hydroxylation sites is 1. The zero-order valence-electron chi connectivity index (χ0n) is 18.3. The molecular formula is C22H26F3N5O3. The molecule has 178 valence electrons. The monoisotopic (exact) mass is 465 g/mol. The van der Waals surface area contributed by atoms with Gasteiger partial charge in [0.25, 0.3) is 5.95 Å². The molecule has 3 heterocycles. The molecule has 8 nitrogen and oxygen atoms in total. The predicted molar refractivity (Wildman–Crippen MR) is 113 cm³/mol. The molecule has 33 heavy (non-hydrogen) atoms. The molecule has 1 saturated heterocycles. The van der Waals surface area contributed by atoms with Gasteiger partial charge in [0, 0.05) is 17.8 Å². The van der Waals surface area contributed by atoms with Crippen LogP contribution in [0.1, 0.15) is 50.1 Å². The molecule has 11 heteroatoms. The van der Waals surface area contributed by atoms with Crippen LogP contribution in [0.2, 0.25) is 0 Å². The number of hydrogen-bond donors (Lipinski definition) is 1. The first kappa shape index (κ1) is 23.2. The number of halogens is 3. The number of carboxylic acid groups (broad SMARTS) is 1. The molecule has 0 bridgehead atoms. The van der Waals surface area contributed by atoms with Crippen LogP contribution in [0, 0.1) is 5.92 Å². The number of likely N-dealkylation sites (tertiary alicyclic amines) is 1. The topological polar surface area (TPSA) is 97.3 Å². The molecule has 1 aliphatic heterocycles. The van der Waals surface area contributed by atoms with Crippen LogP contribution in [0.25, 0.3) is 16.9 Å². The lowest BCUT2D eigenvalue weighted by atomic mass is 9.96. The van der Waals surface area contributed by atoms with Gasteiger partial charge >= 0.3 is 12.1 Å². The lowest BCUT2D eigenvalue weighted by molar-refractivity contribution is -0.192. The van der Waals surface area contributed by atoms with Crippen molar-refractivity contribution in [2.45, 2.75) is 51.1 Å². The number of rotatable bonds is 5. The molecule has 3 aromatic rings. The van der Waals surface area contributed by atoms with E-state index in [4.69, 9.17) is 24.5 Å². The summed E-state index contributed by atoms with van der Waals surface area (Å²) in [5.41, 5.74) is 2.11. The standard InChI is InChI=1S/C20H25N5O.C2HF3O2/c1-2-17-16-5-3-4-6-18(16)25(22-17)20-21-19(26-23-20)15-9-11-24(12-10-15)13-14-7-8-14;3-2(4,5)1(6)7/h3-6,14-15H,2,7-13H2,1H3;(H,6,7). The second-order valence-corrected chi connectivity index (χ2v) is 8.48. The smallest absolute Gasteiger partial charge is 0.475 e. The van der Waals surface area contributed by atoms with E-state index in [0.29, 0.717) is 11.9 Å². The molecule has 2 fully saturated rings. The van der Waals surface area contributed by atoms with Gasteiger partial charge in [-0.1, -0.05) is 25.1 Å². The second-order valence-electron chi connectivity index (χ2n) is 8.48. The van der Waals surface area contributed by atoms with E-state index in [1.165, 1.54) is 19.4 Å². The van der Waals surface area contributed by atoms with E-state index in [9.17, 15) is 13.2 Å². The highest BCUT2D eigenvalue weighted by Gasteiger charge is 2.38.